The molecule has 110 valence electrons. The highest BCUT2D eigenvalue weighted by Gasteiger charge is 2.35. The molecule has 1 aromatic rings. The SMILES string of the molecule is Nc1ccc(C(=O)N(CC(=O)O)CC(F)(F)F)c(F)c1. The molecule has 20 heavy (non-hydrogen) atoms. The molecule has 0 heterocycles. The Labute approximate surface area is 110 Å². The Morgan fingerprint density at radius 1 is 1.30 bits per heavy atom. The van der Waals surface area contributed by atoms with Crippen molar-refractivity contribution in [3.05, 3.63) is 29.6 Å². The van der Waals surface area contributed by atoms with Crippen LogP contribution in [-0.2, 0) is 4.79 Å². The maximum Gasteiger partial charge on any atom is 0.406 e. The Balaban J connectivity index is 3.06. The van der Waals surface area contributed by atoms with E-state index in [9.17, 15) is 27.2 Å². The van der Waals surface area contributed by atoms with Gasteiger partial charge >= 0.3 is 12.1 Å². The summed E-state index contributed by atoms with van der Waals surface area (Å²) in [5.41, 5.74) is 4.56. The third-order valence-electron chi connectivity index (χ3n) is 2.21. The molecule has 9 heteroatoms. The van der Waals surface area contributed by atoms with Crippen molar-refractivity contribution >= 4 is 17.6 Å². The molecule has 1 amide bonds. The summed E-state index contributed by atoms with van der Waals surface area (Å²) in [6.07, 6.45) is -4.80. The van der Waals surface area contributed by atoms with E-state index >= 15 is 0 Å². The number of nitrogens with zero attached hydrogens (tertiary/aromatic N) is 1. The molecule has 0 aliphatic carbocycles. The van der Waals surface area contributed by atoms with Crippen LogP contribution in [0.15, 0.2) is 18.2 Å². The summed E-state index contributed by atoms with van der Waals surface area (Å²) in [4.78, 5) is 22.3. The Hall–Kier alpha value is -2.32. The van der Waals surface area contributed by atoms with Gasteiger partial charge in [-0.2, -0.15) is 13.2 Å². The topological polar surface area (TPSA) is 83.6 Å². The molecular formula is C11H10F4N2O3. The molecule has 0 bridgehead atoms. The van der Waals surface area contributed by atoms with Crippen molar-refractivity contribution in [1.29, 1.82) is 0 Å². The van der Waals surface area contributed by atoms with Crippen molar-refractivity contribution in [1.82, 2.24) is 4.90 Å². The average Bonchev–Trinajstić information content (AvgIpc) is 2.24. The number of nitrogens with two attached hydrogens (primary N) is 1. The first-order valence-electron chi connectivity index (χ1n) is 5.23. The monoisotopic (exact) mass is 294 g/mol. The van der Waals surface area contributed by atoms with Gasteiger partial charge in [0, 0.05) is 5.69 Å². The van der Waals surface area contributed by atoms with Crippen molar-refractivity contribution in [2.75, 3.05) is 18.8 Å². The number of alkyl halides is 3. The number of carboxylic acid groups (broad SMARTS) is 1. The fourth-order valence-electron chi connectivity index (χ4n) is 1.45. The predicted molar refractivity (Wildman–Crippen MR) is 60.4 cm³/mol. The number of benzene rings is 1. The Kier molecular flexibility index (Phi) is 4.53. The maximum atomic E-state index is 13.5. The van der Waals surface area contributed by atoms with Crippen LogP contribution in [0.5, 0.6) is 0 Å². The van der Waals surface area contributed by atoms with Crippen molar-refractivity contribution in [2.24, 2.45) is 0 Å². The number of hydrogen-bond donors (Lipinski definition) is 2. The normalized spacial score (nSPS) is 11.2. The lowest BCUT2D eigenvalue weighted by Crippen LogP contribution is -2.42. The number of carbonyl (C=O) groups is 2. The van der Waals surface area contributed by atoms with E-state index in [0.29, 0.717) is 0 Å². The van der Waals surface area contributed by atoms with Gasteiger partial charge in [0.25, 0.3) is 5.91 Å². The van der Waals surface area contributed by atoms with Crippen LogP contribution in [0.2, 0.25) is 0 Å². The van der Waals surface area contributed by atoms with Gasteiger partial charge in [0.1, 0.15) is 18.9 Å². The molecule has 0 aliphatic heterocycles. The standard InChI is InChI=1S/C11H10F4N2O3/c12-8-3-6(16)1-2-7(8)10(20)17(4-9(18)19)5-11(13,14)15/h1-3H,4-5,16H2,(H,18,19). The Bertz CT molecular complexity index is 531. The van der Waals surface area contributed by atoms with Crippen molar-refractivity contribution in [2.45, 2.75) is 6.18 Å². The summed E-state index contributed by atoms with van der Waals surface area (Å²) >= 11 is 0. The highest BCUT2D eigenvalue weighted by molar-refractivity contribution is 5.96. The molecule has 0 unspecified atom stereocenters. The third kappa shape index (κ3) is 4.41. The van der Waals surface area contributed by atoms with Crippen LogP contribution in [0.1, 0.15) is 10.4 Å². The number of halogens is 4. The fourth-order valence-corrected chi connectivity index (χ4v) is 1.45. The van der Waals surface area contributed by atoms with Crippen LogP contribution in [0, 0.1) is 5.82 Å². The van der Waals surface area contributed by atoms with Gasteiger partial charge < -0.3 is 15.7 Å². The van der Waals surface area contributed by atoms with Crippen LogP contribution in [0.25, 0.3) is 0 Å². The summed E-state index contributed by atoms with van der Waals surface area (Å²) in [5.74, 6) is -4.13. The number of amides is 1. The van der Waals surface area contributed by atoms with Gasteiger partial charge in [0.05, 0.1) is 5.56 Å². The van der Waals surface area contributed by atoms with Crippen LogP contribution >= 0.6 is 0 Å². The van der Waals surface area contributed by atoms with E-state index in [-0.39, 0.29) is 10.6 Å². The lowest BCUT2D eigenvalue weighted by molar-refractivity contribution is -0.149. The number of aliphatic carboxylic acids is 1. The average molecular weight is 294 g/mol. The molecule has 0 saturated carbocycles. The first-order valence-corrected chi connectivity index (χ1v) is 5.23. The molecular weight excluding hydrogens is 284 g/mol. The molecule has 0 saturated heterocycles. The Morgan fingerprint density at radius 3 is 2.35 bits per heavy atom. The number of rotatable bonds is 4. The van der Waals surface area contributed by atoms with Crippen LogP contribution in [0.4, 0.5) is 23.2 Å². The molecule has 0 fully saturated rings. The molecule has 0 atom stereocenters. The van der Waals surface area contributed by atoms with E-state index in [1.807, 2.05) is 0 Å². The number of carboxylic acids is 1. The Morgan fingerprint density at radius 2 is 1.90 bits per heavy atom. The minimum absolute atomic E-state index is 0.00304. The summed E-state index contributed by atoms with van der Waals surface area (Å²) < 4.78 is 50.4. The van der Waals surface area contributed by atoms with Crippen LogP contribution in [0.3, 0.4) is 0 Å². The zero-order chi connectivity index (χ0) is 15.5. The third-order valence-corrected chi connectivity index (χ3v) is 2.21. The van der Waals surface area contributed by atoms with Gasteiger partial charge in [-0.15, -0.1) is 0 Å². The molecule has 1 rings (SSSR count). The molecule has 3 N–H and O–H groups in total. The van der Waals surface area contributed by atoms with E-state index in [0.717, 1.165) is 18.2 Å². The van der Waals surface area contributed by atoms with Gasteiger partial charge in [-0.3, -0.25) is 9.59 Å². The van der Waals surface area contributed by atoms with Gasteiger partial charge in [-0.05, 0) is 18.2 Å². The molecule has 0 radical (unpaired) electrons. The highest BCUT2D eigenvalue weighted by Crippen LogP contribution is 2.20. The van der Waals surface area contributed by atoms with E-state index < -0.39 is 42.5 Å². The summed E-state index contributed by atoms with van der Waals surface area (Å²) in [6.45, 7) is -2.98. The van der Waals surface area contributed by atoms with E-state index in [4.69, 9.17) is 10.8 Å². The van der Waals surface area contributed by atoms with Crippen molar-refractivity contribution in [3.8, 4) is 0 Å². The van der Waals surface area contributed by atoms with Gasteiger partial charge in [-0.25, -0.2) is 4.39 Å². The second-order valence-corrected chi connectivity index (χ2v) is 3.91. The van der Waals surface area contributed by atoms with Crippen molar-refractivity contribution < 1.29 is 32.3 Å². The van der Waals surface area contributed by atoms with Crippen LogP contribution in [-0.4, -0.2) is 41.1 Å². The molecule has 0 aliphatic rings. The number of carbonyl (C=O) groups excluding carboxylic acids is 1. The predicted octanol–water partition coefficient (Wildman–Crippen LogP) is 1.50. The second kappa shape index (κ2) is 5.76. The number of nitrogen functional groups attached to an aromatic ring is 1. The zero-order valence-electron chi connectivity index (χ0n) is 9.95. The largest absolute Gasteiger partial charge is 0.480 e. The smallest absolute Gasteiger partial charge is 0.406 e. The maximum absolute atomic E-state index is 13.5. The molecule has 5 nitrogen and oxygen atoms in total. The van der Waals surface area contributed by atoms with Crippen molar-refractivity contribution in [3.63, 3.8) is 0 Å². The summed E-state index contributed by atoms with van der Waals surface area (Å²) in [7, 11) is 0. The minimum Gasteiger partial charge on any atom is -0.480 e. The zero-order valence-corrected chi connectivity index (χ0v) is 9.95. The fraction of sp³-hybridized carbons (Fsp3) is 0.273. The van der Waals surface area contributed by atoms with E-state index in [1.165, 1.54) is 0 Å². The summed E-state index contributed by atoms with van der Waals surface area (Å²) in [5, 5.41) is 8.51. The number of anilines is 1. The quantitative estimate of drug-likeness (QED) is 0.651. The first-order chi connectivity index (χ1) is 9.10. The van der Waals surface area contributed by atoms with Gasteiger partial charge in [0.15, 0.2) is 0 Å². The van der Waals surface area contributed by atoms with E-state index in [2.05, 4.69) is 0 Å². The molecule has 0 spiro atoms. The second-order valence-electron chi connectivity index (χ2n) is 3.91. The minimum atomic E-state index is -4.80. The summed E-state index contributed by atoms with van der Waals surface area (Å²) in [6, 6.07) is 2.79. The molecule has 0 aromatic heterocycles. The number of hydrogen-bond acceptors (Lipinski definition) is 3. The lowest BCUT2D eigenvalue weighted by Gasteiger charge is -2.22. The lowest BCUT2D eigenvalue weighted by atomic mass is 10.1. The molecule has 1 aromatic carbocycles. The highest BCUT2D eigenvalue weighted by atomic mass is 19.4. The first kappa shape index (κ1) is 15.7. The van der Waals surface area contributed by atoms with E-state index in [1.54, 1.807) is 0 Å². The van der Waals surface area contributed by atoms with Crippen LogP contribution < -0.4 is 5.73 Å². The van der Waals surface area contributed by atoms with Gasteiger partial charge in [-0.1, -0.05) is 0 Å². The van der Waals surface area contributed by atoms with Gasteiger partial charge in [0.2, 0.25) is 0 Å².